The molecule has 1 N–H and O–H groups in total. The fraction of sp³-hybridized carbons (Fsp3) is 0.333. The molecular formula is C12H13FN2O5S. The Labute approximate surface area is 120 Å². The highest BCUT2D eigenvalue weighted by Crippen LogP contribution is 2.26. The van der Waals surface area contributed by atoms with E-state index < -0.39 is 32.9 Å². The van der Waals surface area contributed by atoms with Crippen LogP contribution < -0.4 is 0 Å². The van der Waals surface area contributed by atoms with Crippen LogP contribution in [-0.4, -0.2) is 61.3 Å². The second kappa shape index (κ2) is 5.41. The van der Waals surface area contributed by atoms with Gasteiger partial charge in [0.1, 0.15) is 17.0 Å². The van der Waals surface area contributed by atoms with Gasteiger partial charge < -0.3 is 10.0 Å². The number of hydrogen-bond donors (Lipinski definition) is 1. The van der Waals surface area contributed by atoms with Crippen molar-refractivity contribution < 1.29 is 27.5 Å². The molecule has 2 rings (SSSR count). The van der Waals surface area contributed by atoms with Crippen LogP contribution in [0.15, 0.2) is 23.1 Å². The SMILES string of the molecule is CN(C(=O)O)C1CN(S(=O)(=O)c2cc(C=O)ccc2F)C1. The lowest BCUT2D eigenvalue weighted by atomic mass is 10.1. The van der Waals surface area contributed by atoms with Gasteiger partial charge in [-0.3, -0.25) is 4.79 Å². The second-order valence-corrected chi connectivity index (χ2v) is 6.58. The van der Waals surface area contributed by atoms with Gasteiger partial charge in [-0.05, 0) is 18.2 Å². The lowest BCUT2D eigenvalue weighted by Gasteiger charge is -2.41. The predicted molar refractivity (Wildman–Crippen MR) is 70.1 cm³/mol. The standard InChI is InChI=1S/C12H13FN2O5S/c1-14(12(17)18)9-5-15(6-9)21(19,20)11-4-8(7-16)2-3-10(11)13/h2-4,7,9H,5-6H2,1H3,(H,17,18). The fourth-order valence-corrected chi connectivity index (χ4v) is 3.56. The zero-order valence-electron chi connectivity index (χ0n) is 11.1. The van der Waals surface area contributed by atoms with Crippen LogP contribution in [0.1, 0.15) is 10.4 Å². The van der Waals surface area contributed by atoms with Crippen LogP contribution in [0.2, 0.25) is 0 Å². The molecule has 0 saturated carbocycles. The zero-order valence-corrected chi connectivity index (χ0v) is 11.9. The number of amides is 1. The Hall–Kier alpha value is -2.00. The van der Waals surface area contributed by atoms with E-state index in [1.165, 1.54) is 13.1 Å². The summed E-state index contributed by atoms with van der Waals surface area (Å²) < 4.78 is 39.1. The average molecular weight is 316 g/mol. The van der Waals surface area contributed by atoms with E-state index in [9.17, 15) is 22.4 Å². The van der Waals surface area contributed by atoms with Gasteiger partial charge in [0.25, 0.3) is 0 Å². The molecule has 0 aromatic heterocycles. The van der Waals surface area contributed by atoms with Crippen LogP contribution in [-0.2, 0) is 10.0 Å². The van der Waals surface area contributed by atoms with E-state index >= 15 is 0 Å². The zero-order chi connectivity index (χ0) is 15.8. The normalized spacial score (nSPS) is 16.3. The second-order valence-electron chi connectivity index (χ2n) is 4.68. The summed E-state index contributed by atoms with van der Waals surface area (Å²) in [4.78, 5) is 21.8. The minimum atomic E-state index is -4.08. The average Bonchev–Trinajstić information content (AvgIpc) is 2.36. The lowest BCUT2D eigenvalue weighted by Crippen LogP contribution is -2.61. The van der Waals surface area contributed by atoms with Crippen molar-refractivity contribution in [1.29, 1.82) is 0 Å². The Morgan fingerprint density at radius 2 is 2.10 bits per heavy atom. The molecule has 1 aromatic carbocycles. The molecule has 1 saturated heterocycles. The molecule has 1 fully saturated rings. The lowest BCUT2D eigenvalue weighted by molar-refractivity contribution is 0.0919. The number of sulfonamides is 1. The third-order valence-electron chi connectivity index (χ3n) is 3.39. The monoisotopic (exact) mass is 316 g/mol. The van der Waals surface area contributed by atoms with Crippen molar-refractivity contribution in [2.75, 3.05) is 20.1 Å². The number of hydrogen-bond acceptors (Lipinski definition) is 4. The molecule has 0 atom stereocenters. The largest absolute Gasteiger partial charge is 0.465 e. The summed E-state index contributed by atoms with van der Waals surface area (Å²) in [6.45, 7) is -0.0915. The maximum absolute atomic E-state index is 13.7. The van der Waals surface area contributed by atoms with E-state index in [-0.39, 0.29) is 18.7 Å². The van der Waals surface area contributed by atoms with Crippen LogP contribution in [0, 0.1) is 5.82 Å². The molecule has 1 amide bonds. The first-order chi connectivity index (χ1) is 9.77. The molecule has 1 aliphatic rings. The molecule has 0 bridgehead atoms. The quantitative estimate of drug-likeness (QED) is 0.822. The molecule has 21 heavy (non-hydrogen) atoms. The first-order valence-corrected chi connectivity index (χ1v) is 7.42. The van der Waals surface area contributed by atoms with E-state index in [0.717, 1.165) is 21.3 Å². The van der Waals surface area contributed by atoms with Gasteiger partial charge in [0.15, 0.2) is 0 Å². The van der Waals surface area contributed by atoms with Crippen LogP contribution in [0.3, 0.4) is 0 Å². The van der Waals surface area contributed by atoms with E-state index in [1.807, 2.05) is 0 Å². The highest BCUT2D eigenvalue weighted by Gasteiger charge is 2.41. The minimum absolute atomic E-state index is 0.0457. The first-order valence-electron chi connectivity index (χ1n) is 5.98. The molecule has 0 radical (unpaired) electrons. The Morgan fingerprint density at radius 1 is 1.48 bits per heavy atom. The van der Waals surface area contributed by atoms with Gasteiger partial charge >= 0.3 is 6.09 Å². The summed E-state index contributed by atoms with van der Waals surface area (Å²) in [5.41, 5.74) is 0.0507. The summed E-state index contributed by atoms with van der Waals surface area (Å²) >= 11 is 0. The Bertz CT molecular complexity index is 685. The highest BCUT2D eigenvalue weighted by molar-refractivity contribution is 7.89. The summed E-state index contributed by atoms with van der Waals surface area (Å²) in [6, 6.07) is 2.59. The molecule has 0 spiro atoms. The number of carbonyl (C=O) groups excluding carboxylic acids is 1. The topological polar surface area (TPSA) is 95.0 Å². The van der Waals surface area contributed by atoms with Crippen LogP contribution in [0.4, 0.5) is 9.18 Å². The summed E-state index contributed by atoms with van der Waals surface area (Å²) in [5, 5.41) is 8.80. The third-order valence-corrected chi connectivity index (χ3v) is 5.23. The van der Waals surface area contributed by atoms with Crippen molar-refractivity contribution >= 4 is 22.4 Å². The van der Waals surface area contributed by atoms with Gasteiger partial charge in [-0.2, -0.15) is 4.31 Å². The van der Waals surface area contributed by atoms with E-state index in [0.29, 0.717) is 6.29 Å². The van der Waals surface area contributed by atoms with Gasteiger partial charge in [-0.25, -0.2) is 17.6 Å². The van der Waals surface area contributed by atoms with Crippen molar-refractivity contribution in [2.24, 2.45) is 0 Å². The fourth-order valence-electron chi connectivity index (χ4n) is 1.94. The number of benzene rings is 1. The van der Waals surface area contributed by atoms with Crippen LogP contribution in [0.5, 0.6) is 0 Å². The van der Waals surface area contributed by atoms with Gasteiger partial charge in [0.05, 0.1) is 6.04 Å². The smallest absolute Gasteiger partial charge is 0.407 e. The van der Waals surface area contributed by atoms with Crippen LogP contribution in [0.25, 0.3) is 0 Å². The molecule has 1 aliphatic heterocycles. The number of nitrogens with zero attached hydrogens (tertiary/aromatic N) is 2. The van der Waals surface area contributed by atoms with Crippen molar-refractivity contribution in [3.8, 4) is 0 Å². The molecule has 114 valence electrons. The summed E-state index contributed by atoms with van der Waals surface area (Å²) in [7, 11) is -2.74. The Balaban J connectivity index is 2.22. The van der Waals surface area contributed by atoms with Crippen molar-refractivity contribution in [3.05, 3.63) is 29.6 Å². The molecule has 0 aliphatic carbocycles. The molecular weight excluding hydrogens is 303 g/mol. The van der Waals surface area contributed by atoms with E-state index in [2.05, 4.69) is 0 Å². The highest BCUT2D eigenvalue weighted by atomic mass is 32.2. The number of aldehydes is 1. The number of likely N-dealkylation sites (N-methyl/N-ethyl adjacent to an activating group) is 1. The van der Waals surface area contributed by atoms with Gasteiger partial charge in [-0.15, -0.1) is 0 Å². The molecule has 0 unspecified atom stereocenters. The van der Waals surface area contributed by atoms with Crippen LogP contribution >= 0.6 is 0 Å². The van der Waals surface area contributed by atoms with Crippen molar-refractivity contribution in [3.63, 3.8) is 0 Å². The number of halogens is 1. The molecule has 9 heteroatoms. The van der Waals surface area contributed by atoms with E-state index in [4.69, 9.17) is 5.11 Å². The number of rotatable bonds is 4. The maximum atomic E-state index is 13.7. The van der Waals surface area contributed by atoms with Gasteiger partial charge in [-0.1, -0.05) is 0 Å². The van der Waals surface area contributed by atoms with E-state index in [1.54, 1.807) is 0 Å². The van der Waals surface area contributed by atoms with Gasteiger partial charge in [0, 0.05) is 25.7 Å². The number of carboxylic acid groups (broad SMARTS) is 1. The Morgan fingerprint density at radius 3 is 2.62 bits per heavy atom. The van der Waals surface area contributed by atoms with Crippen molar-refractivity contribution in [2.45, 2.75) is 10.9 Å². The summed E-state index contributed by atoms with van der Waals surface area (Å²) in [6.07, 6.45) is -0.735. The molecule has 1 heterocycles. The predicted octanol–water partition coefficient (Wildman–Crippen LogP) is 0.621. The van der Waals surface area contributed by atoms with Gasteiger partial charge in [0.2, 0.25) is 10.0 Å². The molecule has 7 nitrogen and oxygen atoms in total. The number of carbonyl (C=O) groups is 2. The Kier molecular flexibility index (Phi) is 3.97. The minimum Gasteiger partial charge on any atom is -0.465 e. The maximum Gasteiger partial charge on any atom is 0.407 e. The van der Waals surface area contributed by atoms with Crippen molar-refractivity contribution in [1.82, 2.24) is 9.21 Å². The molecule has 1 aromatic rings. The third kappa shape index (κ3) is 2.74. The first kappa shape index (κ1) is 15.4. The summed E-state index contributed by atoms with van der Waals surface area (Å²) in [5.74, 6) is -0.948.